The van der Waals surface area contributed by atoms with Crippen molar-refractivity contribution in [1.82, 2.24) is 5.32 Å². The molecule has 0 saturated heterocycles. The van der Waals surface area contributed by atoms with Gasteiger partial charge < -0.3 is 5.32 Å². The number of amides is 1. The SMILES string of the molecule is CCC(CCCl)CNC(=O)c1cc(Cl)ccc1C. The molecule has 0 fully saturated rings. The highest BCUT2D eigenvalue weighted by Crippen LogP contribution is 2.15. The number of carbonyl (C=O) groups is 1. The van der Waals surface area contributed by atoms with Gasteiger partial charge >= 0.3 is 0 Å². The van der Waals surface area contributed by atoms with Gasteiger partial charge in [-0.05, 0) is 37.0 Å². The molecule has 0 spiro atoms. The van der Waals surface area contributed by atoms with Crippen LogP contribution in [0.3, 0.4) is 0 Å². The third kappa shape index (κ3) is 4.51. The molecule has 1 N–H and O–H groups in total. The van der Waals surface area contributed by atoms with Crippen LogP contribution in [0.2, 0.25) is 5.02 Å². The van der Waals surface area contributed by atoms with Crippen LogP contribution < -0.4 is 5.32 Å². The van der Waals surface area contributed by atoms with Crippen LogP contribution in [0.5, 0.6) is 0 Å². The minimum absolute atomic E-state index is 0.0666. The molecule has 0 aliphatic carbocycles. The molecule has 1 atom stereocenters. The maximum atomic E-state index is 12.0. The minimum Gasteiger partial charge on any atom is -0.352 e. The summed E-state index contributed by atoms with van der Waals surface area (Å²) in [5.41, 5.74) is 1.57. The molecule has 100 valence electrons. The van der Waals surface area contributed by atoms with Crippen molar-refractivity contribution in [2.75, 3.05) is 12.4 Å². The fourth-order valence-corrected chi connectivity index (χ4v) is 2.26. The lowest BCUT2D eigenvalue weighted by Gasteiger charge is -2.15. The Kier molecular flexibility index (Phi) is 6.51. The van der Waals surface area contributed by atoms with Crippen molar-refractivity contribution in [2.45, 2.75) is 26.7 Å². The lowest BCUT2D eigenvalue weighted by atomic mass is 10.0. The van der Waals surface area contributed by atoms with Gasteiger partial charge in [0.05, 0.1) is 0 Å². The van der Waals surface area contributed by atoms with E-state index in [2.05, 4.69) is 12.2 Å². The van der Waals surface area contributed by atoms with Crippen molar-refractivity contribution in [3.8, 4) is 0 Å². The molecular formula is C14H19Cl2NO. The predicted octanol–water partition coefficient (Wildman–Crippen LogP) is 4.03. The van der Waals surface area contributed by atoms with Crippen LogP contribution in [0.15, 0.2) is 18.2 Å². The van der Waals surface area contributed by atoms with Gasteiger partial charge in [-0.3, -0.25) is 4.79 Å². The first-order valence-electron chi connectivity index (χ1n) is 6.18. The maximum absolute atomic E-state index is 12.0. The molecule has 1 amide bonds. The molecule has 1 aromatic carbocycles. The molecule has 0 aliphatic rings. The molecule has 1 unspecified atom stereocenters. The van der Waals surface area contributed by atoms with E-state index in [1.54, 1.807) is 12.1 Å². The average Bonchev–Trinajstić information content (AvgIpc) is 2.37. The van der Waals surface area contributed by atoms with E-state index in [1.165, 1.54) is 0 Å². The largest absolute Gasteiger partial charge is 0.352 e. The number of rotatable bonds is 6. The normalized spacial score (nSPS) is 12.2. The van der Waals surface area contributed by atoms with Gasteiger partial charge in [0.2, 0.25) is 0 Å². The van der Waals surface area contributed by atoms with Gasteiger partial charge in [-0.1, -0.05) is 31.0 Å². The Morgan fingerprint density at radius 2 is 2.17 bits per heavy atom. The summed E-state index contributed by atoms with van der Waals surface area (Å²) in [5.74, 6) is 0.999. The Bertz CT molecular complexity index is 407. The van der Waals surface area contributed by atoms with Gasteiger partial charge in [-0.25, -0.2) is 0 Å². The van der Waals surface area contributed by atoms with Crippen molar-refractivity contribution >= 4 is 29.1 Å². The van der Waals surface area contributed by atoms with Crippen molar-refractivity contribution in [3.05, 3.63) is 34.3 Å². The molecule has 1 rings (SSSR count). The highest BCUT2D eigenvalue weighted by Gasteiger charge is 2.12. The van der Waals surface area contributed by atoms with Crippen LogP contribution in [-0.2, 0) is 0 Å². The monoisotopic (exact) mass is 287 g/mol. The molecule has 1 aromatic rings. The first-order chi connectivity index (χ1) is 8.58. The number of alkyl halides is 1. The molecular weight excluding hydrogens is 269 g/mol. The third-order valence-corrected chi connectivity index (χ3v) is 3.54. The Labute approximate surface area is 119 Å². The number of hydrogen-bond acceptors (Lipinski definition) is 1. The summed E-state index contributed by atoms with van der Waals surface area (Å²) in [4.78, 5) is 12.0. The lowest BCUT2D eigenvalue weighted by Crippen LogP contribution is -2.29. The van der Waals surface area contributed by atoms with Crippen molar-refractivity contribution < 1.29 is 4.79 Å². The summed E-state index contributed by atoms with van der Waals surface area (Å²) >= 11 is 11.6. The summed E-state index contributed by atoms with van der Waals surface area (Å²) < 4.78 is 0. The fourth-order valence-electron chi connectivity index (χ4n) is 1.78. The number of carbonyl (C=O) groups excluding carboxylic acids is 1. The average molecular weight is 288 g/mol. The zero-order chi connectivity index (χ0) is 13.5. The van der Waals surface area contributed by atoms with E-state index in [9.17, 15) is 4.79 Å². The molecule has 0 aliphatic heterocycles. The molecule has 0 radical (unpaired) electrons. The van der Waals surface area contributed by atoms with E-state index < -0.39 is 0 Å². The molecule has 0 heterocycles. The van der Waals surface area contributed by atoms with Crippen LogP contribution in [0.4, 0.5) is 0 Å². The first-order valence-corrected chi connectivity index (χ1v) is 7.10. The second kappa shape index (κ2) is 7.65. The van der Waals surface area contributed by atoms with Crippen molar-refractivity contribution in [3.63, 3.8) is 0 Å². The number of hydrogen-bond donors (Lipinski definition) is 1. The van der Waals surface area contributed by atoms with Crippen LogP contribution in [0, 0.1) is 12.8 Å². The van der Waals surface area contributed by atoms with Crippen LogP contribution in [-0.4, -0.2) is 18.3 Å². The second-order valence-electron chi connectivity index (χ2n) is 4.42. The Morgan fingerprint density at radius 1 is 1.44 bits per heavy atom. The highest BCUT2D eigenvalue weighted by molar-refractivity contribution is 6.31. The maximum Gasteiger partial charge on any atom is 0.251 e. The van der Waals surface area contributed by atoms with Gasteiger partial charge in [0.1, 0.15) is 0 Å². The zero-order valence-corrected chi connectivity index (χ0v) is 12.3. The summed E-state index contributed by atoms with van der Waals surface area (Å²) in [7, 11) is 0. The first kappa shape index (κ1) is 15.3. The number of benzene rings is 1. The standard InChI is InChI=1S/C14H19Cl2NO/c1-3-11(6-7-15)9-17-14(18)13-8-12(16)5-4-10(13)2/h4-5,8,11H,3,6-7,9H2,1-2H3,(H,17,18). The lowest BCUT2D eigenvalue weighted by molar-refractivity contribution is 0.0946. The van der Waals surface area contributed by atoms with E-state index in [-0.39, 0.29) is 5.91 Å². The van der Waals surface area contributed by atoms with E-state index in [0.717, 1.165) is 18.4 Å². The summed E-state index contributed by atoms with van der Waals surface area (Å²) in [5, 5.41) is 3.53. The van der Waals surface area contributed by atoms with E-state index >= 15 is 0 Å². The fraction of sp³-hybridized carbons (Fsp3) is 0.500. The van der Waals surface area contributed by atoms with Crippen LogP contribution in [0.25, 0.3) is 0 Å². The Balaban J connectivity index is 2.62. The van der Waals surface area contributed by atoms with Gasteiger partial charge in [-0.15, -0.1) is 11.6 Å². The van der Waals surface area contributed by atoms with Crippen LogP contribution in [0.1, 0.15) is 35.7 Å². The van der Waals surface area contributed by atoms with Crippen molar-refractivity contribution in [2.24, 2.45) is 5.92 Å². The number of halogens is 2. The molecule has 4 heteroatoms. The molecule has 0 saturated carbocycles. The number of nitrogens with one attached hydrogen (secondary N) is 1. The third-order valence-electron chi connectivity index (χ3n) is 3.09. The number of aryl methyl sites for hydroxylation is 1. The quantitative estimate of drug-likeness (QED) is 0.787. The van der Waals surface area contributed by atoms with Gasteiger partial charge in [0.25, 0.3) is 5.91 Å². The van der Waals surface area contributed by atoms with Crippen molar-refractivity contribution in [1.29, 1.82) is 0 Å². The van der Waals surface area contributed by atoms with Gasteiger partial charge in [-0.2, -0.15) is 0 Å². The Morgan fingerprint density at radius 3 is 2.78 bits per heavy atom. The van der Waals surface area contributed by atoms with E-state index in [4.69, 9.17) is 23.2 Å². The predicted molar refractivity (Wildman–Crippen MR) is 77.6 cm³/mol. The van der Waals surface area contributed by atoms with Gasteiger partial charge in [0.15, 0.2) is 0 Å². The summed E-state index contributed by atoms with van der Waals surface area (Å²) in [6.07, 6.45) is 1.94. The second-order valence-corrected chi connectivity index (χ2v) is 5.24. The summed E-state index contributed by atoms with van der Waals surface area (Å²) in [6, 6.07) is 5.35. The molecule has 0 bridgehead atoms. The molecule has 0 aromatic heterocycles. The highest BCUT2D eigenvalue weighted by atomic mass is 35.5. The molecule has 18 heavy (non-hydrogen) atoms. The Hall–Kier alpha value is -0.730. The van der Waals surface area contributed by atoms with E-state index in [1.807, 2.05) is 13.0 Å². The molecule has 2 nitrogen and oxygen atoms in total. The topological polar surface area (TPSA) is 29.1 Å². The zero-order valence-electron chi connectivity index (χ0n) is 10.8. The summed E-state index contributed by atoms with van der Waals surface area (Å²) in [6.45, 7) is 4.67. The minimum atomic E-state index is -0.0666. The van der Waals surface area contributed by atoms with Gasteiger partial charge in [0, 0.05) is 23.0 Å². The van der Waals surface area contributed by atoms with Crippen LogP contribution >= 0.6 is 23.2 Å². The smallest absolute Gasteiger partial charge is 0.251 e. The van der Waals surface area contributed by atoms with E-state index in [0.29, 0.717) is 28.9 Å².